The molecule has 3 aromatic rings. The molecule has 1 fully saturated rings. The molecule has 33 heavy (non-hydrogen) atoms. The minimum atomic E-state index is -4.42. The van der Waals surface area contributed by atoms with E-state index < -0.39 is 21.8 Å². The molecule has 6 nitrogen and oxygen atoms in total. The molecule has 1 N–H and O–H groups in total. The number of ether oxygens (including phenoxy) is 1. The summed E-state index contributed by atoms with van der Waals surface area (Å²) >= 11 is 0. The van der Waals surface area contributed by atoms with Crippen molar-refractivity contribution < 1.29 is 31.1 Å². The molecular formula is C23H21F3N2O4S. The van der Waals surface area contributed by atoms with Crippen molar-refractivity contribution in [1.82, 2.24) is 9.62 Å². The Labute approximate surface area is 189 Å². The van der Waals surface area contributed by atoms with Gasteiger partial charge in [-0.2, -0.15) is 13.2 Å². The summed E-state index contributed by atoms with van der Waals surface area (Å²) < 4.78 is 68.9. The Hall–Kier alpha value is -3.11. The molecule has 174 valence electrons. The van der Waals surface area contributed by atoms with Crippen LogP contribution in [0.15, 0.2) is 60.7 Å². The van der Waals surface area contributed by atoms with Crippen molar-refractivity contribution in [3.63, 3.8) is 0 Å². The van der Waals surface area contributed by atoms with Crippen molar-refractivity contribution >= 4 is 26.7 Å². The van der Waals surface area contributed by atoms with E-state index in [1.54, 1.807) is 35.2 Å². The fourth-order valence-corrected chi connectivity index (χ4v) is 4.17. The van der Waals surface area contributed by atoms with Gasteiger partial charge in [0, 0.05) is 36.5 Å². The number of likely N-dealkylation sites (tertiary alicyclic amines) is 1. The van der Waals surface area contributed by atoms with Crippen LogP contribution in [-0.4, -0.2) is 45.1 Å². The van der Waals surface area contributed by atoms with Gasteiger partial charge in [-0.1, -0.05) is 12.1 Å². The van der Waals surface area contributed by atoms with Gasteiger partial charge in [-0.05, 0) is 53.9 Å². The Morgan fingerprint density at radius 2 is 1.79 bits per heavy atom. The Bertz CT molecular complexity index is 1290. The van der Waals surface area contributed by atoms with E-state index in [-0.39, 0.29) is 17.6 Å². The third kappa shape index (κ3) is 5.45. The lowest BCUT2D eigenvalue weighted by atomic mass is 9.98. The van der Waals surface area contributed by atoms with Crippen LogP contribution in [0.2, 0.25) is 0 Å². The number of carbonyl (C=O) groups is 1. The van der Waals surface area contributed by atoms with E-state index in [0.29, 0.717) is 36.3 Å². The second-order valence-electron chi connectivity index (χ2n) is 8.01. The minimum Gasteiger partial charge on any atom is -0.457 e. The Morgan fingerprint density at radius 1 is 1.09 bits per heavy atom. The molecule has 0 atom stereocenters. The lowest BCUT2D eigenvalue weighted by Crippen LogP contribution is -2.53. The first-order valence-corrected chi connectivity index (χ1v) is 12.0. The van der Waals surface area contributed by atoms with Crippen molar-refractivity contribution in [2.75, 3.05) is 25.9 Å². The molecule has 0 bridgehead atoms. The number of nitrogens with zero attached hydrogens (tertiary/aromatic N) is 1. The fourth-order valence-electron chi connectivity index (χ4n) is 3.63. The quantitative estimate of drug-likeness (QED) is 0.574. The van der Waals surface area contributed by atoms with E-state index in [9.17, 15) is 26.4 Å². The van der Waals surface area contributed by atoms with Gasteiger partial charge in [0.2, 0.25) is 10.0 Å². The number of fused-ring (bicyclic) bond motifs is 1. The molecule has 0 unspecified atom stereocenters. The number of alkyl halides is 3. The third-order valence-corrected chi connectivity index (χ3v) is 6.07. The first-order valence-electron chi connectivity index (χ1n) is 10.1. The van der Waals surface area contributed by atoms with Crippen LogP contribution in [0.25, 0.3) is 10.8 Å². The van der Waals surface area contributed by atoms with E-state index in [1.807, 2.05) is 6.07 Å². The van der Waals surface area contributed by atoms with Crippen LogP contribution in [0.3, 0.4) is 0 Å². The summed E-state index contributed by atoms with van der Waals surface area (Å²) in [7, 11) is -3.26. The highest BCUT2D eigenvalue weighted by Gasteiger charge is 2.32. The van der Waals surface area contributed by atoms with Gasteiger partial charge in [0.25, 0.3) is 5.91 Å². The zero-order valence-corrected chi connectivity index (χ0v) is 18.4. The maximum absolute atomic E-state index is 12.8. The van der Waals surface area contributed by atoms with Crippen molar-refractivity contribution in [2.24, 2.45) is 5.92 Å². The normalized spacial score (nSPS) is 14.8. The van der Waals surface area contributed by atoms with Gasteiger partial charge < -0.3 is 9.64 Å². The van der Waals surface area contributed by atoms with E-state index >= 15 is 0 Å². The predicted molar refractivity (Wildman–Crippen MR) is 118 cm³/mol. The molecule has 1 amide bonds. The predicted octanol–water partition coefficient (Wildman–Crippen LogP) is 4.27. The molecule has 1 aliphatic heterocycles. The van der Waals surface area contributed by atoms with Crippen LogP contribution in [0, 0.1) is 5.92 Å². The fraction of sp³-hybridized carbons (Fsp3) is 0.261. The number of benzene rings is 3. The summed E-state index contributed by atoms with van der Waals surface area (Å²) in [5, 5.41) is 1.47. The Balaban J connectivity index is 1.46. The maximum Gasteiger partial charge on any atom is 0.416 e. The first kappa shape index (κ1) is 23.1. The number of carbonyl (C=O) groups excluding carboxylic acids is 1. The van der Waals surface area contributed by atoms with Gasteiger partial charge in [-0.25, -0.2) is 13.1 Å². The Kier molecular flexibility index (Phi) is 6.06. The zero-order valence-electron chi connectivity index (χ0n) is 17.6. The molecule has 1 heterocycles. The summed E-state index contributed by atoms with van der Waals surface area (Å²) in [6.45, 7) is 1.23. The summed E-state index contributed by atoms with van der Waals surface area (Å²) in [5.41, 5.74) is -0.264. The van der Waals surface area contributed by atoms with Crippen LogP contribution in [0.4, 0.5) is 13.2 Å². The standard InChI is InChI=1S/C23H21F3N2O4S/c1-33(30,31)27-12-15-13-28(14-15)22(29)17-5-10-20-16(11-17)3-2-4-21(20)32-19-8-6-18(7-9-19)23(24,25)26/h2-11,15,27H,12-14H2,1H3. The van der Waals surface area contributed by atoms with Crippen molar-refractivity contribution in [3.8, 4) is 11.5 Å². The summed E-state index contributed by atoms with van der Waals surface area (Å²) in [6, 6.07) is 14.9. The third-order valence-electron chi connectivity index (χ3n) is 5.38. The molecule has 4 rings (SSSR count). The number of rotatable bonds is 6. The second kappa shape index (κ2) is 8.68. The largest absolute Gasteiger partial charge is 0.457 e. The first-order chi connectivity index (χ1) is 15.5. The van der Waals surface area contributed by atoms with Gasteiger partial charge in [0.15, 0.2) is 0 Å². The molecule has 10 heteroatoms. The molecule has 0 radical (unpaired) electrons. The average Bonchev–Trinajstić information content (AvgIpc) is 2.71. The van der Waals surface area contributed by atoms with Gasteiger partial charge in [-0.3, -0.25) is 4.79 Å². The lowest BCUT2D eigenvalue weighted by Gasteiger charge is -2.39. The average molecular weight is 478 g/mol. The molecule has 3 aromatic carbocycles. The molecular weight excluding hydrogens is 457 g/mol. The number of hydrogen-bond acceptors (Lipinski definition) is 4. The second-order valence-corrected chi connectivity index (χ2v) is 9.85. The van der Waals surface area contributed by atoms with Crippen LogP contribution in [-0.2, 0) is 16.2 Å². The number of sulfonamides is 1. The monoisotopic (exact) mass is 478 g/mol. The van der Waals surface area contributed by atoms with Crippen molar-refractivity contribution in [3.05, 3.63) is 71.8 Å². The highest BCUT2D eigenvalue weighted by atomic mass is 32.2. The number of hydrogen-bond donors (Lipinski definition) is 1. The highest BCUT2D eigenvalue weighted by molar-refractivity contribution is 7.88. The lowest BCUT2D eigenvalue weighted by molar-refractivity contribution is -0.137. The minimum absolute atomic E-state index is 0.0767. The van der Waals surface area contributed by atoms with Crippen molar-refractivity contribution in [2.45, 2.75) is 6.18 Å². The van der Waals surface area contributed by atoms with Crippen LogP contribution < -0.4 is 9.46 Å². The van der Waals surface area contributed by atoms with E-state index in [2.05, 4.69) is 4.72 Å². The van der Waals surface area contributed by atoms with Gasteiger partial charge in [0.1, 0.15) is 11.5 Å². The van der Waals surface area contributed by atoms with Gasteiger partial charge >= 0.3 is 6.18 Å². The smallest absolute Gasteiger partial charge is 0.416 e. The summed E-state index contributed by atoms with van der Waals surface area (Å²) in [6.07, 6.45) is -3.32. The molecule has 1 saturated heterocycles. The Morgan fingerprint density at radius 3 is 2.42 bits per heavy atom. The zero-order chi connectivity index (χ0) is 23.8. The molecule has 1 aliphatic rings. The van der Waals surface area contributed by atoms with E-state index in [4.69, 9.17) is 4.74 Å². The van der Waals surface area contributed by atoms with E-state index in [1.165, 1.54) is 12.1 Å². The summed E-state index contributed by atoms with van der Waals surface area (Å²) in [5.74, 6) is 0.654. The molecule has 0 saturated carbocycles. The SMILES string of the molecule is CS(=O)(=O)NCC1CN(C(=O)c2ccc3c(Oc4ccc(C(F)(F)F)cc4)cccc3c2)C1. The molecule has 0 spiro atoms. The van der Waals surface area contributed by atoms with Crippen molar-refractivity contribution in [1.29, 1.82) is 0 Å². The van der Waals surface area contributed by atoms with Crippen LogP contribution in [0.5, 0.6) is 11.5 Å². The number of nitrogens with one attached hydrogen (secondary N) is 1. The highest BCUT2D eigenvalue weighted by Crippen LogP contribution is 2.34. The number of amides is 1. The van der Waals surface area contributed by atoms with E-state index in [0.717, 1.165) is 23.8 Å². The van der Waals surface area contributed by atoms with Crippen LogP contribution >= 0.6 is 0 Å². The van der Waals surface area contributed by atoms with Crippen LogP contribution in [0.1, 0.15) is 15.9 Å². The molecule has 0 aromatic heterocycles. The molecule has 0 aliphatic carbocycles. The maximum atomic E-state index is 12.8. The van der Waals surface area contributed by atoms with Gasteiger partial charge in [0.05, 0.1) is 11.8 Å². The summed E-state index contributed by atoms with van der Waals surface area (Å²) in [4.78, 5) is 14.4. The number of halogens is 3. The van der Waals surface area contributed by atoms with Gasteiger partial charge in [-0.15, -0.1) is 0 Å². The topological polar surface area (TPSA) is 75.7 Å².